The Balaban J connectivity index is 1.49. The molecule has 0 atom stereocenters. The molecule has 1 aliphatic heterocycles. The van der Waals surface area contributed by atoms with E-state index in [0.29, 0.717) is 38.4 Å². The van der Waals surface area contributed by atoms with Crippen LogP contribution in [0.15, 0.2) is 35.8 Å². The second kappa shape index (κ2) is 8.11. The molecule has 1 N–H and O–H groups in total. The summed E-state index contributed by atoms with van der Waals surface area (Å²) in [7, 11) is 1.56. The van der Waals surface area contributed by atoms with Crippen molar-refractivity contribution in [3.63, 3.8) is 0 Å². The maximum Gasteiger partial charge on any atom is 0.263 e. The van der Waals surface area contributed by atoms with E-state index in [1.807, 2.05) is 34.5 Å². The molecule has 0 radical (unpaired) electrons. The first-order chi connectivity index (χ1) is 12.2. The zero-order chi connectivity index (χ0) is 17.6. The van der Waals surface area contributed by atoms with Crippen LogP contribution in [0.3, 0.4) is 0 Å². The number of pyridine rings is 1. The van der Waals surface area contributed by atoms with Crippen LogP contribution in [0.2, 0.25) is 0 Å². The van der Waals surface area contributed by atoms with Crippen LogP contribution in [0.4, 0.5) is 0 Å². The monoisotopic (exact) mass is 359 g/mol. The van der Waals surface area contributed by atoms with Gasteiger partial charge in [0.05, 0.1) is 12.0 Å². The number of carbonyl (C=O) groups excluding carboxylic acids is 2. The highest BCUT2D eigenvalue weighted by atomic mass is 32.1. The molecule has 0 spiro atoms. The number of aromatic nitrogens is 1. The Labute approximate surface area is 150 Å². The number of hydrogen-bond acceptors (Lipinski definition) is 5. The molecular formula is C18H21N3O3S. The van der Waals surface area contributed by atoms with Gasteiger partial charge >= 0.3 is 0 Å². The van der Waals surface area contributed by atoms with Gasteiger partial charge in [0.1, 0.15) is 0 Å². The summed E-state index contributed by atoms with van der Waals surface area (Å²) >= 11 is 1.45. The molecule has 2 aromatic heterocycles. The lowest BCUT2D eigenvalue weighted by molar-refractivity contribution is -0.126. The van der Waals surface area contributed by atoms with Crippen molar-refractivity contribution in [1.82, 2.24) is 15.2 Å². The third-order valence-corrected chi connectivity index (χ3v) is 5.24. The van der Waals surface area contributed by atoms with Gasteiger partial charge in [-0.2, -0.15) is 0 Å². The lowest BCUT2D eigenvalue weighted by atomic mass is 9.95. The van der Waals surface area contributed by atoms with Crippen molar-refractivity contribution in [3.05, 3.63) is 46.3 Å². The lowest BCUT2D eigenvalue weighted by Gasteiger charge is -2.31. The van der Waals surface area contributed by atoms with Crippen molar-refractivity contribution in [3.8, 4) is 5.88 Å². The molecule has 3 rings (SSSR count). The van der Waals surface area contributed by atoms with Gasteiger partial charge in [-0.25, -0.2) is 4.98 Å². The van der Waals surface area contributed by atoms with E-state index in [9.17, 15) is 9.59 Å². The highest BCUT2D eigenvalue weighted by molar-refractivity contribution is 7.12. The highest BCUT2D eigenvalue weighted by Gasteiger charge is 2.28. The van der Waals surface area contributed by atoms with E-state index in [0.717, 1.165) is 10.4 Å². The minimum atomic E-state index is -0.0601. The minimum absolute atomic E-state index is 0.0223. The van der Waals surface area contributed by atoms with Crippen LogP contribution in [-0.2, 0) is 11.3 Å². The van der Waals surface area contributed by atoms with Gasteiger partial charge < -0.3 is 15.0 Å². The molecule has 0 bridgehead atoms. The summed E-state index contributed by atoms with van der Waals surface area (Å²) in [6, 6.07) is 7.42. The summed E-state index contributed by atoms with van der Waals surface area (Å²) in [6.45, 7) is 1.63. The van der Waals surface area contributed by atoms with Gasteiger partial charge in [0.25, 0.3) is 5.91 Å². The Morgan fingerprint density at radius 3 is 2.80 bits per heavy atom. The van der Waals surface area contributed by atoms with E-state index in [2.05, 4.69) is 10.3 Å². The van der Waals surface area contributed by atoms with Gasteiger partial charge in [-0.05, 0) is 30.4 Å². The molecule has 3 heterocycles. The van der Waals surface area contributed by atoms with Crippen LogP contribution in [-0.4, -0.2) is 41.9 Å². The number of likely N-dealkylation sites (tertiary alicyclic amines) is 1. The number of nitrogens with zero attached hydrogens (tertiary/aromatic N) is 2. The minimum Gasteiger partial charge on any atom is -0.481 e. The molecule has 0 aliphatic carbocycles. The number of thiophene rings is 1. The number of methoxy groups -OCH3 is 1. The van der Waals surface area contributed by atoms with Crippen molar-refractivity contribution in [2.24, 2.45) is 5.92 Å². The first kappa shape index (κ1) is 17.4. The SMILES string of the molecule is COc1ncccc1CNC(=O)C1CCN(C(=O)c2cccs2)CC1. The molecule has 1 fully saturated rings. The standard InChI is InChI=1S/C18H21N3O3S/c1-24-17-14(4-2-8-19-17)12-20-16(22)13-6-9-21(10-7-13)18(23)15-5-3-11-25-15/h2-5,8,11,13H,6-7,9-10,12H2,1H3,(H,20,22). The summed E-state index contributed by atoms with van der Waals surface area (Å²) in [5.41, 5.74) is 0.851. The summed E-state index contributed by atoms with van der Waals surface area (Å²) < 4.78 is 5.19. The van der Waals surface area contributed by atoms with Crippen molar-refractivity contribution in [2.75, 3.05) is 20.2 Å². The van der Waals surface area contributed by atoms with Gasteiger partial charge in [-0.3, -0.25) is 9.59 Å². The van der Waals surface area contributed by atoms with Crippen molar-refractivity contribution < 1.29 is 14.3 Å². The Kier molecular flexibility index (Phi) is 5.65. The van der Waals surface area contributed by atoms with Crippen LogP contribution in [0.1, 0.15) is 28.1 Å². The topological polar surface area (TPSA) is 71.5 Å². The fourth-order valence-electron chi connectivity index (χ4n) is 2.97. The van der Waals surface area contributed by atoms with Crippen LogP contribution in [0.5, 0.6) is 5.88 Å². The number of hydrogen-bond donors (Lipinski definition) is 1. The van der Waals surface area contributed by atoms with E-state index in [1.165, 1.54) is 11.3 Å². The Morgan fingerprint density at radius 1 is 1.32 bits per heavy atom. The van der Waals surface area contributed by atoms with Crippen molar-refractivity contribution >= 4 is 23.2 Å². The van der Waals surface area contributed by atoms with Gasteiger partial charge in [0.2, 0.25) is 11.8 Å². The fourth-order valence-corrected chi connectivity index (χ4v) is 3.66. The van der Waals surface area contributed by atoms with Crippen molar-refractivity contribution in [2.45, 2.75) is 19.4 Å². The normalized spacial score (nSPS) is 15.0. The number of nitrogens with one attached hydrogen (secondary N) is 1. The third-order valence-electron chi connectivity index (χ3n) is 4.38. The van der Waals surface area contributed by atoms with Crippen molar-refractivity contribution in [1.29, 1.82) is 0 Å². The second-order valence-corrected chi connectivity index (χ2v) is 6.88. The van der Waals surface area contributed by atoms with E-state index >= 15 is 0 Å². The third kappa shape index (κ3) is 4.17. The van der Waals surface area contributed by atoms with E-state index in [1.54, 1.807) is 13.3 Å². The predicted molar refractivity (Wildman–Crippen MR) is 95.6 cm³/mol. The second-order valence-electron chi connectivity index (χ2n) is 5.93. The number of amides is 2. The number of ether oxygens (including phenoxy) is 1. The van der Waals surface area contributed by atoms with E-state index in [4.69, 9.17) is 4.74 Å². The summed E-state index contributed by atoms with van der Waals surface area (Å²) in [5.74, 6) is 0.553. The quantitative estimate of drug-likeness (QED) is 0.889. The average Bonchev–Trinajstić information content (AvgIpc) is 3.20. The highest BCUT2D eigenvalue weighted by Crippen LogP contribution is 2.21. The van der Waals surface area contributed by atoms with Gasteiger partial charge in [0, 0.05) is 37.3 Å². The summed E-state index contributed by atoms with van der Waals surface area (Å²) in [6.07, 6.45) is 3.03. The van der Waals surface area contributed by atoms with Gasteiger partial charge in [-0.15, -0.1) is 11.3 Å². The molecule has 2 aromatic rings. The number of piperidine rings is 1. The Bertz CT molecular complexity index is 725. The first-order valence-electron chi connectivity index (χ1n) is 8.27. The Morgan fingerprint density at radius 2 is 2.12 bits per heavy atom. The zero-order valence-electron chi connectivity index (χ0n) is 14.1. The van der Waals surface area contributed by atoms with E-state index < -0.39 is 0 Å². The van der Waals surface area contributed by atoms with Gasteiger partial charge in [0.15, 0.2) is 0 Å². The van der Waals surface area contributed by atoms with Crippen LogP contribution in [0.25, 0.3) is 0 Å². The molecule has 25 heavy (non-hydrogen) atoms. The first-order valence-corrected chi connectivity index (χ1v) is 9.15. The average molecular weight is 359 g/mol. The maximum absolute atomic E-state index is 12.4. The van der Waals surface area contributed by atoms with E-state index in [-0.39, 0.29) is 17.7 Å². The molecule has 7 heteroatoms. The largest absolute Gasteiger partial charge is 0.481 e. The van der Waals surface area contributed by atoms with Crippen LogP contribution >= 0.6 is 11.3 Å². The summed E-state index contributed by atoms with van der Waals surface area (Å²) in [5, 5.41) is 4.86. The zero-order valence-corrected chi connectivity index (χ0v) is 14.9. The molecule has 132 valence electrons. The molecular weight excluding hydrogens is 338 g/mol. The number of rotatable bonds is 5. The van der Waals surface area contributed by atoms with Crippen LogP contribution < -0.4 is 10.1 Å². The fraction of sp³-hybridized carbons (Fsp3) is 0.389. The molecule has 1 aliphatic rings. The maximum atomic E-state index is 12.4. The lowest BCUT2D eigenvalue weighted by Crippen LogP contribution is -2.42. The molecule has 1 saturated heterocycles. The van der Waals surface area contributed by atoms with Gasteiger partial charge in [-0.1, -0.05) is 12.1 Å². The summed E-state index contributed by atoms with van der Waals surface area (Å²) in [4.78, 5) is 31.4. The molecule has 6 nitrogen and oxygen atoms in total. The molecule has 0 aromatic carbocycles. The predicted octanol–water partition coefficient (Wildman–Crippen LogP) is 2.32. The molecule has 0 unspecified atom stereocenters. The Hall–Kier alpha value is -2.41. The van der Waals surface area contributed by atoms with Crippen LogP contribution in [0, 0.1) is 5.92 Å². The number of carbonyl (C=O) groups is 2. The molecule has 0 saturated carbocycles. The molecule has 2 amide bonds. The smallest absolute Gasteiger partial charge is 0.263 e.